The molecule has 1 heterocycles. The minimum absolute atomic E-state index is 0.00834. The minimum Gasteiger partial charge on any atom is -0.392 e. The average Bonchev–Trinajstić information content (AvgIpc) is 3.15. The summed E-state index contributed by atoms with van der Waals surface area (Å²) in [5.74, 6) is 0.114. The first-order valence-electron chi connectivity index (χ1n) is 8.08. The maximum atomic E-state index is 12.9. The number of hydrogen-bond donors (Lipinski definition) is 2. The Morgan fingerprint density at radius 2 is 1.83 bits per heavy atom. The predicted octanol–water partition coefficient (Wildman–Crippen LogP) is 2.95. The van der Waals surface area contributed by atoms with Gasteiger partial charge in [-0.15, -0.1) is 0 Å². The van der Waals surface area contributed by atoms with Crippen molar-refractivity contribution in [3.05, 3.63) is 65.7 Å². The van der Waals surface area contributed by atoms with Gasteiger partial charge in [0.05, 0.1) is 6.61 Å². The van der Waals surface area contributed by atoms with Gasteiger partial charge in [-0.25, -0.2) is 0 Å². The molecule has 1 atom stereocenters. The van der Waals surface area contributed by atoms with Gasteiger partial charge in [0.15, 0.2) is 0 Å². The molecule has 4 heteroatoms. The molecule has 120 valence electrons. The zero-order valence-electron chi connectivity index (χ0n) is 13.1. The van der Waals surface area contributed by atoms with Crippen LogP contribution in [0.5, 0.6) is 0 Å². The Hall–Kier alpha value is -2.33. The van der Waals surface area contributed by atoms with Crippen LogP contribution in [0.2, 0.25) is 0 Å². The van der Waals surface area contributed by atoms with Gasteiger partial charge >= 0.3 is 0 Å². The second-order valence-corrected chi connectivity index (χ2v) is 5.88. The van der Waals surface area contributed by atoms with Crippen molar-refractivity contribution in [1.29, 1.82) is 0 Å². The Kier molecular flexibility index (Phi) is 4.93. The molecule has 3 rings (SSSR count). The molecule has 0 spiro atoms. The first-order valence-corrected chi connectivity index (χ1v) is 8.08. The number of carbonyl (C=O) groups excluding carboxylic acids is 1. The number of carbonyl (C=O) groups is 1. The highest BCUT2D eigenvalue weighted by molar-refractivity contribution is 5.86. The summed E-state index contributed by atoms with van der Waals surface area (Å²) in [5.41, 5.74) is 2.63. The molecule has 0 bridgehead atoms. The number of aliphatic hydroxyl groups is 1. The molecule has 0 saturated carbocycles. The highest BCUT2D eigenvalue weighted by Crippen LogP contribution is 2.24. The van der Waals surface area contributed by atoms with Gasteiger partial charge < -0.3 is 15.3 Å². The third kappa shape index (κ3) is 3.71. The third-order valence-corrected chi connectivity index (χ3v) is 4.22. The highest BCUT2D eigenvalue weighted by Gasteiger charge is 2.27. The van der Waals surface area contributed by atoms with Crippen LogP contribution in [-0.4, -0.2) is 29.0 Å². The van der Waals surface area contributed by atoms with Gasteiger partial charge in [0.1, 0.15) is 6.04 Å². The molecule has 2 aromatic rings. The molecule has 2 N–H and O–H groups in total. The predicted molar refractivity (Wildman–Crippen MR) is 91.0 cm³/mol. The fraction of sp³-hybridized carbons (Fsp3) is 0.316. The highest BCUT2D eigenvalue weighted by atomic mass is 16.3. The summed E-state index contributed by atoms with van der Waals surface area (Å²) in [6.07, 6.45) is 2.15. The summed E-state index contributed by atoms with van der Waals surface area (Å²) < 4.78 is 0. The van der Waals surface area contributed by atoms with Gasteiger partial charge in [0.25, 0.3) is 0 Å². The van der Waals surface area contributed by atoms with E-state index in [2.05, 4.69) is 5.32 Å². The molecular weight excluding hydrogens is 288 g/mol. The SMILES string of the molecule is O=C([C@H](Nc1cccc(CO)c1)c1ccccc1)N1CCCC1. The lowest BCUT2D eigenvalue weighted by molar-refractivity contribution is -0.131. The molecule has 1 fully saturated rings. The molecule has 0 aromatic heterocycles. The van der Waals surface area contributed by atoms with Crippen LogP contribution in [0.15, 0.2) is 54.6 Å². The third-order valence-electron chi connectivity index (χ3n) is 4.22. The Labute approximate surface area is 136 Å². The van der Waals surface area contributed by atoms with Crippen molar-refractivity contribution >= 4 is 11.6 Å². The van der Waals surface area contributed by atoms with Crippen LogP contribution >= 0.6 is 0 Å². The van der Waals surface area contributed by atoms with Gasteiger partial charge in [-0.1, -0.05) is 42.5 Å². The molecule has 1 aliphatic rings. The second-order valence-electron chi connectivity index (χ2n) is 5.88. The van der Waals surface area contributed by atoms with Crippen molar-refractivity contribution < 1.29 is 9.90 Å². The van der Waals surface area contributed by atoms with E-state index >= 15 is 0 Å². The van der Waals surface area contributed by atoms with E-state index in [1.54, 1.807) is 0 Å². The number of benzene rings is 2. The van der Waals surface area contributed by atoms with E-state index in [1.165, 1.54) is 0 Å². The Morgan fingerprint density at radius 1 is 1.09 bits per heavy atom. The second kappa shape index (κ2) is 7.29. The maximum Gasteiger partial charge on any atom is 0.249 e. The molecule has 1 saturated heterocycles. The zero-order valence-corrected chi connectivity index (χ0v) is 13.1. The number of rotatable bonds is 5. The molecular formula is C19H22N2O2. The first kappa shape index (κ1) is 15.6. The smallest absolute Gasteiger partial charge is 0.249 e. The van der Waals surface area contributed by atoms with Crippen molar-refractivity contribution in [3.63, 3.8) is 0 Å². The largest absolute Gasteiger partial charge is 0.392 e. The molecule has 0 unspecified atom stereocenters. The topological polar surface area (TPSA) is 52.6 Å². The summed E-state index contributed by atoms with van der Waals surface area (Å²) in [4.78, 5) is 14.8. The lowest BCUT2D eigenvalue weighted by Crippen LogP contribution is -2.36. The quantitative estimate of drug-likeness (QED) is 0.893. The summed E-state index contributed by atoms with van der Waals surface area (Å²) >= 11 is 0. The Balaban J connectivity index is 1.86. The minimum atomic E-state index is -0.400. The monoisotopic (exact) mass is 310 g/mol. The van der Waals surface area contributed by atoms with E-state index < -0.39 is 6.04 Å². The van der Waals surface area contributed by atoms with E-state index in [0.29, 0.717) is 0 Å². The van der Waals surface area contributed by atoms with Crippen LogP contribution in [-0.2, 0) is 11.4 Å². The van der Waals surface area contributed by atoms with E-state index in [0.717, 1.165) is 42.7 Å². The van der Waals surface area contributed by atoms with E-state index in [-0.39, 0.29) is 12.5 Å². The van der Waals surface area contributed by atoms with Gasteiger partial charge in [0, 0.05) is 18.8 Å². The molecule has 1 aliphatic heterocycles. The van der Waals surface area contributed by atoms with E-state index in [4.69, 9.17) is 0 Å². The van der Waals surface area contributed by atoms with Crippen LogP contribution in [0.25, 0.3) is 0 Å². The van der Waals surface area contributed by atoms with Crippen molar-refractivity contribution in [3.8, 4) is 0 Å². The standard InChI is InChI=1S/C19H22N2O2/c22-14-15-7-6-10-17(13-15)20-18(16-8-2-1-3-9-16)19(23)21-11-4-5-12-21/h1-3,6-10,13,18,20,22H,4-5,11-12,14H2/t18-/m1/s1. The summed E-state index contributed by atoms with van der Waals surface area (Å²) in [6.45, 7) is 1.66. The van der Waals surface area contributed by atoms with Crippen LogP contribution in [0, 0.1) is 0 Å². The van der Waals surface area contributed by atoms with Crippen molar-refractivity contribution in [2.24, 2.45) is 0 Å². The van der Waals surface area contributed by atoms with Gasteiger partial charge in [0.2, 0.25) is 5.91 Å². The molecule has 0 radical (unpaired) electrons. The van der Waals surface area contributed by atoms with Crippen molar-refractivity contribution in [2.45, 2.75) is 25.5 Å². The summed E-state index contributed by atoms with van der Waals surface area (Å²) in [7, 11) is 0. The zero-order chi connectivity index (χ0) is 16.1. The number of nitrogens with one attached hydrogen (secondary N) is 1. The number of aliphatic hydroxyl groups excluding tert-OH is 1. The normalized spacial score (nSPS) is 15.4. The molecule has 23 heavy (non-hydrogen) atoms. The van der Waals surface area contributed by atoms with Gasteiger partial charge in [-0.3, -0.25) is 4.79 Å². The first-order chi connectivity index (χ1) is 11.3. The van der Waals surface area contributed by atoms with Crippen LogP contribution in [0.4, 0.5) is 5.69 Å². The van der Waals surface area contributed by atoms with Gasteiger partial charge in [-0.05, 0) is 36.1 Å². The lowest BCUT2D eigenvalue weighted by atomic mass is 10.0. The summed E-state index contributed by atoms with van der Waals surface area (Å²) in [5, 5.41) is 12.6. The van der Waals surface area contributed by atoms with E-state index in [9.17, 15) is 9.90 Å². The van der Waals surface area contributed by atoms with Crippen LogP contribution in [0.3, 0.4) is 0 Å². The fourth-order valence-corrected chi connectivity index (χ4v) is 2.98. The molecule has 0 aliphatic carbocycles. The van der Waals surface area contributed by atoms with Crippen molar-refractivity contribution in [1.82, 2.24) is 4.90 Å². The van der Waals surface area contributed by atoms with Gasteiger partial charge in [-0.2, -0.15) is 0 Å². The van der Waals surface area contributed by atoms with Crippen LogP contribution in [0.1, 0.15) is 30.0 Å². The number of nitrogens with zero attached hydrogens (tertiary/aromatic N) is 1. The van der Waals surface area contributed by atoms with Crippen LogP contribution < -0.4 is 5.32 Å². The molecule has 1 amide bonds. The summed E-state index contributed by atoms with van der Waals surface area (Å²) in [6, 6.07) is 17.0. The van der Waals surface area contributed by atoms with Crippen molar-refractivity contribution in [2.75, 3.05) is 18.4 Å². The Morgan fingerprint density at radius 3 is 2.52 bits per heavy atom. The molecule has 4 nitrogen and oxygen atoms in total. The Bertz CT molecular complexity index is 651. The molecule has 2 aromatic carbocycles. The average molecular weight is 310 g/mol. The number of likely N-dealkylation sites (tertiary alicyclic amines) is 1. The number of anilines is 1. The number of hydrogen-bond acceptors (Lipinski definition) is 3. The number of amides is 1. The fourth-order valence-electron chi connectivity index (χ4n) is 2.98. The maximum absolute atomic E-state index is 12.9. The lowest BCUT2D eigenvalue weighted by Gasteiger charge is -2.25. The van der Waals surface area contributed by atoms with E-state index in [1.807, 2.05) is 59.5 Å².